The molecule has 1 saturated heterocycles. The van der Waals surface area contributed by atoms with Crippen LogP contribution < -0.4 is 15.0 Å². The molecule has 0 spiro atoms. The van der Waals surface area contributed by atoms with Crippen molar-refractivity contribution >= 4 is 29.6 Å². The third kappa shape index (κ3) is 8.53. The average molecular weight is 522 g/mol. The van der Waals surface area contributed by atoms with Crippen molar-refractivity contribution in [2.45, 2.75) is 38.7 Å². The largest absolute Gasteiger partial charge is 0.573 e. The van der Waals surface area contributed by atoms with Gasteiger partial charge in [-0.2, -0.15) is 0 Å². The number of hydrogen-bond donors (Lipinski definition) is 1. The summed E-state index contributed by atoms with van der Waals surface area (Å²) < 4.78 is 42.0. The van der Waals surface area contributed by atoms with Gasteiger partial charge in [-0.25, -0.2) is 0 Å². The second-order valence-electron chi connectivity index (χ2n) is 8.91. The second kappa shape index (κ2) is 12.6. The van der Waals surface area contributed by atoms with Crippen molar-refractivity contribution in [2.24, 2.45) is 4.99 Å². The smallest absolute Gasteiger partial charge is 0.406 e. The number of carbonyl (C=O) groups is 1. The summed E-state index contributed by atoms with van der Waals surface area (Å²) >= 11 is 0. The number of aldehydes is 1. The fourth-order valence-electron chi connectivity index (χ4n) is 4.22. The molecule has 1 N–H and O–H groups in total. The zero-order valence-corrected chi connectivity index (χ0v) is 20.7. The van der Waals surface area contributed by atoms with Crippen molar-refractivity contribution in [3.63, 3.8) is 0 Å². The van der Waals surface area contributed by atoms with E-state index in [1.165, 1.54) is 12.1 Å². The predicted molar refractivity (Wildman–Crippen MR) is 135 cm³/mol. The number of nitrogens with one attached hydrogen (secondary N) is 1. The number of hydrogen-bond acceptors (Lipinski definition) is 8. The first-order valence-electron chi connectivity index (χ1n) is 11.8. The minimum atomic E-state index is -4.81. The molecular formula is C25H30F3N5O4. The normalized spacial score (nSPS) is 15.2. The monoisotopic (exact) mass is 521 g/mol. The number of ether oxygens (including phenoxy) is 1. The van der Waals surface area contributed by atoms with E-state index in [0.29, 0.717) is 42.9 Å². The zero-order valence-electron chi connectivity index (χ0n) is 20.7. The summed E-state index contributed by atoms with van der Waals surface area (Å²) in [5.41, 5.74) is 2.40. The van der Waals surface area contributed by atoms with Gasteiger partial charge in [-0.15, -0.1) is 13.2 Å². The van der Waals surface area contributed by atoms with Crippen LogP contribution in [0.1, 0.15) is 24.0 Å². The van der Waals surface area contributed by atoms with E-state index in [1.807, 2.05) is 6.07 Å². The van der Waals surface area contributed by atoms with Gasteiger partial charge in [0.1, 0.15) is 5.75 Å². The van der Waals surface area contributed by atoms with E-state index >= 15 is 0 Å². The molecule has 0 amide bonds. The van der Waals surface area contributed by atoms with Crippen LogP contribution in [0.5, 0.6) is 5.75 Å². The lowest BCUT2D eigenvalue weighted by molar-refractivity contribution is -0.385. The number of nitro benzene ring substituents is 1. The highest BCUT2D eigenvalue weighted by atomic mass is 19.4. The van der Waals surface area contributed by atoms with E-state index in [1.54, 1.807) is 31.0 Å². The summed E-state index contributed by atoms with van der Waals surface area (Å²) in [6, 6.07) is 9.35. The standard InChI is InChI=1S/C25H30F3N5O4/c1-18-3-4-19(15-23(18)33(35)36)17-30-20-7-10-32(11-8-20)13-12-31(2)24-16-21(37-25(26,27)28)5-6-22(24)29-9-14-34/h3-6,9,14-16,20,30H,7-8,10-13,17H2,1-2H3. The van der Waals surface area contributed by atoms with E-state index in [-0.39, 0.29) is 22.4 Å². The van der Waals surface area contributed by atoms with Gasteiger partial charge in [0, 0.05) is 50.4 Å². The van der Waals surface area contributed by atoms with Gasteiger partial charge >= 0.3 is 6.36 Å². The first-order chi connectivity index (χ1) is 17.6. The first-order valence-corrected chi connectivity index (χ1v) is 11.8. The minimum absolute atomic E-state index is 0.119. The number of likely N-dealkylation sites (tertiary alicyclic amines) is 1. The molecule has 0 unspecified atom stereocenters. The summed E-state index contributed by atoms with van der Waals surface area (Å²) in [6.45, 7) is 5.17. The molecule has 0 atom stereocenters. The van der Waals surface area contributed by atoms with E-state index in [4.69, 9.17) is 0 Å². The summed E-state index contributed by atoms with van der Waals surface area (Å²) in [7, 11) is 1.75. The summed E-state index contributed by atoms with van der Waals surface area (Å²) in [5.74, 6) is -0.356. The zero-order chi connectivity index (χ0) is 27.0. The maximum Gasteiger partial charge on any atom is 0.573 e. The van der Waals surface area contributed by atoms with Gasteiger partial charge in [0.25, 0.3) is 5.69 Å². The molecule has 3 rings (SSSR count). The Morgan fingerprint density at radius 3 is 2.62 bits per heavy atom. The lowest BCUT2D eigenvalue weighted by Gasteiger charge is -2.34. The van der Waals surface area contributed by atoms with Gasteiger partial charge in [0.15, 0.2) is 6.29 Å². The van der Waals surface area contributed by atoms with Crippen molar-refractivity contribution in [2.75, 3.05) is 38.1 Å². The number of nitro groups is 1. The molecule has 1 aliphatic rings. The average Bonchev–Trinajstić information content (AvgIpc) is 2.85. The van der Waals surface area contributed by atoms with Gasteiger partial charge in [-0.1, -0.05) is 12.1 Å². The minimum Gasteiger partial charge on any atom is -0.406 e. The Bertz CT molecular complexity index is 1120. The molecule has 1 heterocycles. The molecule has 2 aromatic rings. The number of benzene rings is 2. The van der Waals surface area contributed by atoms with Gasteiger partial charge in [-0.3, -0.25) is 19.9 Å². The molecule has 0 saturated carbocycles. The van der Waals surface area contributed by atoms with E-state index in [9.17, 15) is 28.1 Å². The molecule has 0 aromatic heterocycles. The maximum absolute atomic E-state index is 12.7. The maximum atomic E-state index is 12.7. The molecule has 0 aliphatic carbocycles. The van der Waals surface area contributed by atoms with Crippen LogP contribution in [-0.2, 0) is 11.3 Å². The molecule has 1 fully saturated rings. The summed E-state index contributed by atoms with van der Waals surface area (Å²) in [4.78, 5) is 29.6. The van der Waals surface area contributed by atoms with Crippen LogP contribution in [0.15, 0.2) is 41.4 Å². The Labute approximate surface area is 213 Å². The lowest BCUT2D eigenvalue weighted by Crippen LogP contribution is -2.44. The number of nitrogens with zero attached hydrogens (tertiary/aromatic N) is 4. The summed E-state index contributed by atoms with van der Waals surface area (Å²) in [6.07, 6.45) is -1.45. The Morgan fingerprint density at radius 2 is 1.97 bits per heavy atom. The molecule has 0 bridgehead atoms. The number of aliphatic imine (C=N–C) groups is 1. The van der Waals surface area contributed by atoms with Crippen molar-refractivity contribution in [3.8, 4) is 5.75 Å². The Morgan fingerprint density at radius 1 is 1.24 bits per heavy atom. The first kappa shape index (κ1) is 28.1. The van der Waals surface area contributed by atoms with E-state index < -0.39 is 6.36 Å². The number of rotatable bonds is 11. The van der Waals surface area contributed by atoms with Crippen LogP contribution in [0.25, 0.3) is 0 Å². The molecule has 1 aliphatic heterocycles. The van der Waals surface area contributed by atoms with Gasteiger partial charge in [0.2, 0.25) is 0 Å². The highest BCUT2D eigenvalue weighted by Crippen LogP contribution is 2.34. The SMILES string of the molecule is Cc1ccc(CNC2CCN(CCN(C)c3cc(OC(F)(F)F)ccc3N=CC=O)CC2)cc1[N+](=O)[O-]. The van der Waals surface area contributed by atoms with Crippen LogP contribution in [0, 0.1) is 17.0 Å². The van der Waals surface area contributed by atoms with Gasteiger partial charge in [0.05, 0.1) is 22.5 Å². The number of aryl methyl sites for hydroxylation is 1. The van der Waals surface area contributed by atoms with Crippen molar-refractivity contribution in [1.82, 2.24) is 10.2 Å². The van der Waals surface area contributed by atoms with Gasteiger partial charge in [-0.05, 0) is 50.6 Å². The number of likely N-dealkylation sites (N-methyl/N-ethyl adjacent to an activating group) is 1. The molecule has 0 radical (unpaired) electrons. The lowest BCUT2D eigenvalue weighted by atomic mass is 10.0. The predicted octanol–water partition coefficient (Wildman–Crippen LogP) is 4.39. The Kier molecular flexibility index (Phi) is 9.59. The summed E-state index contributed by atoms with van der Waals surface area (Å²) in [5, 5.41) is 14.6. The Balaban J connectivity index is 1.52. The second-order valence-corrected chi connectivity index (χ2v) is 8.91. The Hall–Kier alpha value is -3.51. The third-order valence-electron chi connectivity index (χ3n) is 6.27. The highest BCUT2D eigenvalue weighted by molar-refractivity contribution is 6.14. The van der Waals surface area contributed by atoms with E-state index in [2.05, 4.69) is 19.9 Å². The number of anilines is 1. The number of alkyl halides is 3. The number of carbonyl (C=O) groups excluding carboxylic acids is 1. The van der Waals surface area contributed by atoms with Crippen molar-refractivity contribution in [1.29, 1.82) is 0 Å². The van der Waals surface area contributed by atoms with Crippen LogP contribution >= 0.6 is 0 Å². The van der Waals surface area contributed by atoms with Crippen LogP contribution in [0.4, 0.5) is 30.2 Å². The molecule has 200 valence electrons. The van der Waals surface area contributed by atoms with Crippen molar-refractivity contribution in [3.05, 3.63) is 57.6 Å². The fraction of sp³-hybridized carbons (Fsp3) is 0.440. The van der Waals surface area contributed by atoms with Gasteiger partial charge < -0.3 is 19.9 Å². The molecule has 12 heteroatoms. The van der Waals surface area contributed by atoms with Crippen LogP contribution in [0.2, 0.25) is 0 Å². The van der Waals surface area contributed by atoms with Crippen molar-refractivity contribution < 1.29 is 27.6 Å². The molecule has 9 nitrogen and oxygen atoms in total. The van der Waals surface area contributed by atoms with Crippen LogP contribution in [0.3, 0.4) is 0 Å². The quantitative estimate of drug-likeness (QED) is 0.203. The van der Waals surface area contributed by atoms with Crippen LogP contribution in [-0.4, -0.2) is 68.0 Å². The topological polar surface area (TPSA) is 100 Å². The fourth-order valence-corrected chi connectivity index (χ4v) is 4.22. The third-order valence-corrected chi connectivity index (χ3v) is 6.27. The number of piperidine rings is 1. The number of halogens is 3. The highest BCUT2D eigenvalue weighted by Gasteiger charge is 2.31. The van der Waals surface area contributed by atoms with E-state index in [0.717, 1.165) is 43.8 Å². The molecule has 37 heavy (non-hydrogen) atoms. The molecule has 2 aromatic carbocycles. The molecular weight excluding hydrogens is 491 g/mol.